The zero-order valence-corrected chi connectivity index (χ0v) is 12.7. The number of carbonyl (C=O) groups excluding carboxylic acids is 1. The molecule has 6 heteroatoms. The Kier molecular flexibility index (Phi) is 4.20. The van der Waals surface area contributed by atoms with E-state index in [4.69, 9.17) is 10.3 Å². The van der Waals surface area contributed by atoms with Gasteiger partial charge in [-0.3, -0.25) is 9.69 Å². The lowest BCUT2D eigenvalue weighted by molar-refractivity contribution is 0.1000. The molecule has 2 aromatic rings. The maximum Gasteiger partial charge on any atom is 0.248 e. The fraction of sp³-hybridized carbons (Fsp3) is 0.438. The lowest BCUT2D eigenvalue weighted by Gasteiger charge is -2.22. The molecular weight excluding hydrogens is 280 g/mol. The molecule has 1 fully saturated rings. The Morgan fingerprint density at radius 2 is 2.36 bits per heavy atom. The van der Waals surface area contributed by atoms with Crippen LogP contribution in [0.15, 0.2) is 28.8 Å². The van der Waals surface area contributed by atoms with E-state index in [0.29, 0.717) is 11.5 Å². The summed E-state index contributed by atoms with van der Waals surface area (Å²) in [5.41, 5.74) is 6.96. The van der Waals surface area contributed by atoms with E-state index in [2.05, 4.69) is 15.0 Å². The monoisotopic (exact) mass is 300 g/mol. The molecule has 1 saturated heterocycles. The van der Waals surface area contributed by atoms with Crippen LogP contribution in [0.2, 0.25) is 0 Å². The van der Waals surface area contributed by atoms with E-state index in [1.54, 1.807) is 6.07 Å². The highest BCUT2D eigenvalue weighted by atomic mass is 16.5. The van der Waals surface area contributed by atoms with E-state index in [1.165, 1.54) is 0 Å². The minimum Gasteiger partial charge on any atom is -0.366 e. The summed E-state index contributed by atoms with van der Waals surface area (Å²) in [5.74, 6) is 1.04. The van der Waals surface area contributed by atoms with Crippen LogP contribution in [-0.4, -0.2) is 27.5 Å². The Hall–Kier alpha value is -2.21. The van der Waals surface area contributed by atoms with Crippen LogP contribution in [0.5, 0.6) is 0 Å². The maximum atomic E-state index is 11.3. The maximum absolute atomic E-state index is 11.3. The van der Waals surface area contributed by atoms with Crippen molar-refractivity contribution in [3.8, 4) is 0 Å². The van der Waals surface area contributed by atoms with Gasteiger partial charge in [-0.05, 0) is 37.1 Å². The van der Waals surface area contributed by atoms with Crippen molar-refractivity contribution < 1.29 is 9.32 Å². The highest BCUT2D eigenvalue weighted by molar-refractivity contribution is 5.92. The van der Waals surface area contributed by atoms with Crippen molar-refractivity contribution in [2.75, 3.05) is 6.54 Å². The van der Waals surface area contributed by atoms with E-state index < -0.39 is 5.91 Å². The fourth-order valence-electron chi connectivity index (χ4n) is 2.91. The van der Waals surface area contributed by atoms with Crippen LogP contribution >= 0.6 is 0 Å². The molecule has 3 rings (SSSR count). The number of hydrogen-bond donors (Lipinski definition) is 1. The first-order valence-corrected chi connectivity index (χ1v) is 7.62. The SMILES string of the molecule is CCc1nc(C2CCCN2Cc2cccc(C(N)=O)c2)no1. The van der Waals surface area contributed by atoms with Gasteiger partial charge in [0.25, 0.3) is 0 Å². The minimum atomic E-state index is -0.398. The van der Waals surface area contributed by atoms with Gasteiger partial charge in [0.05, 0.1) is 6.04 Å². The van der Waals surface area contributed by atoms with Crippen LogP contribution < -0.4 is 5.73 Å². The van der Waals surface area contributed by atoms with E-state index >= 15 is 0 Å². The zero-order chi connectivity index (χ0) is 15.5. The van der Waals surface area contributed by atoms with Gasteiger partial charge in [-0.15, -0.1) is 0 Å². The van der Waals surface area contributed by atoms with Crippen LogP contribution in [-0.2, 0) is 13.0 Å². The van der Waals surface area contributed by atoms with Crippen molar-refractivity contribution in [3.63, 3.8) is 0 Å². The molecule has 0 aliphatic carbocycles. The molecule has 2 heterocycles. The van der Waals surface area contributed by atoms with Gasteiger partial charge in [0.2, 0.25) is 11.8 Å². The number of aryl methyl sites for hydroxylation is 1. The molecule has 1 aromatic carbocycles. The van der Waals surface area contributed by atoms with Crippen molar-refractivity contribution in [3.05, 3.63) is 47.1 Å². The Morgan fingerprint density at radius 3 is 3.09 bits per heavy atom. The number of hydrogen-bond acceptors (Lipinski definition) is 5. The molecule has 0 saturated carbocycles. The summed E-state index contributed by atoms with van der Waals surface area (Å²) in [4.78, 5) is 18.1. The number of primary amides is 1. The summed E-state index contributed by atoms with van der Waals surface area (Å²) in [6.07, 6.45) is 2.88. The van der Waals surface area contributed by atoms with Gasteiger partial charge in [-0.1, -0.05) is 24.2 Å². The first kappa shape index (κ1) is 14.7. The summed E-state index contributed by atoms with van der Waals surface area (Å²) in [5, 5.41) is 4.10. The fourth-order valence-corrected chi connectivity index (χ4v) is 2.91. The van der Waals surface area contributed by atoms with Crippen LogP contribution in [0.3, 0.4) is 0 Å². The van der Waals surface area contributed by atoms with Gasteiger partial charge >= 0.3 is 0 Å². The third-order valence-electron chi connectivity index (χ3n) is 4.05. The van der Waals surface area contributed by atoms with Crippen molar-refractivity contribution in [2.24, 2.45) is 5.73 Å². The molecule has 22 heavy (non-hydrogen) atoms. The number of aromatic nitrogens is 2. The average Bonchev–Trinajstić information content (AvgIpc) is 3.16. The zero-order valence-electron chi connectivity index (χ0n) is 12.7. The Morgan fingerprint density at radius 1 is 1.50 bits per heavy atom. The molecule has 1 aromatic heterocycles. The first-order valence-electron chi connectivity index (χ1n) is 7.62. The van der Waals surface area contributed by atoms with Crippen LogP contribution in [0, 0.1) is 0 Å². The molecule has 1 unspecified atom stereocenters. The van der Waals surface area contributed by atoms with Crippen molar-refractivity contribution in [1.29, 1.82) is 0 Å². The normalized spacial score (nSPS) is 18.7. The summed E-state index contributed by atoms with van der Waals surface area (Å²) in [6.45, 7) is 3.74. The highest BCUT2D eigenvalue weighted by Crippen LogP contribution is 2.31. The van der Waals surface area contributed by atoms with E-state index in [-0.39, 0.29) is 6.04 Å². The number of nitrogens with two attached hydrogens (primary N) is 1. The van der Waals surface area contributed by atoms with Gasteiger partial charge < -0.3 is 10.3 Å². The van der Waals surface area contributed by atoms with Gasteiger partial charge in [0.15, 0.2) is 5.82 Å². The Labute approximate surface area is 129 Å². The molecule has 116 valence electrons. The quantitative estimate of drug-likeness (QED) is 0.913. The second kappa shape index (κ2) is 6.27. The van der Waals surface area contributed by atoms with E-state index in [9.17, 15) is 4.79 Å². The topological polar surface area (TPSA) is 85.3 Å². The molecular formula is C16H20N4O2. The van der Waals surface area contributed by atoms with Crippen LogP contribution in [0.25, 0.3) is 0 Å². The second-order valence-electron chi connectivity index (χ2n) is 5.59. The molecule has 1 amide bonds. The molecule has 1 aliphatic rings. The number of likely N-dealkylation sites (tertiary alicyclic amines) is 1. The predicted molar refractivity (Wildman–Crippen MR) is 81.0 cm³/mol. The summed E-state index contributed by atoms with van der Waals surface area (Å²) < 4.78 is 5.23. The van der Waals surface area contributed by atoms with Gasteiger partial charge in [0, 0.05) is 18.5 Å². The lowest BCUT2D eigenvalue weighted by atomic mass is 10.1. The average molecular weight is 300 g/mol. The lowest BCUT2D eigenvalue weighted by Crippen LogP contribution is -2.24. The van der Waals surface area contributed by atoms with Crippen LogP contribution in [0.1, 0.15) is 53.4 Å². The third-order valence-corrected chi connectivity index (χ3v) is 4.05. The van der Waals surface area contributed by atoms with Crippen molar-refractivity contribution in [2.45, 2.75) is 38.8 Å². The Balaban J connectivity index is 1.76. The summed E-state index contributed by atoms with van der Waals surface area (Å²) in [6, 6.07) is 7.65. The molecule has 2 N–H and O–H groups in total. The van der Waals surface area contributed by atoms with Gasteiger partial charge in [0.1, 0.15) is 0 Å². The van der Waals surface area contributed by atoms with Gasteiger partial charge in [-0.2, -0.15) is 4.98 Å². The first-order chi connectivity index (χ1) is 10.7. The molecule has 0 spiro atoms. The Bertz CT molecular complexity index is 668. The van der Waals surface area contributed by atoms with E-state index in [1.807, 2.05) is 25.1 Å². The van der Waals surface area contributed by atoms with Crippen LogP contribution in [0.4, 0.5) is 0 Å². The van der Waals surface area contributed by atoms with Crippen molar-refractivity contribution in [1.82, 2.24) is 15.0 Å². The van der Waals surface area contributed by atoms with Crippen molar-refractivity contribution >= 4 is 5.91 Å². The minimum absolute atomic E-state index is 0.182. The summed E-state index contributed by atoms with van der Waals surface area (Å²) in [7, 11) is 0. The number of benzene rings is 1. The number of amides is 1. The molecule has 0 bridgehead atoms. The standard InChI is InChI=1S/C16H20N4O2/c1-2-14-18-16(19-22-14)13-7-4-8-20(13)10-11-5-3-6-12(9-11)15(17)21/h3,5-6,9,13H,2,4,7-8,10H2,1H3,(H2,17,21). The smallest absolute Gasteiger partial charge is 0.248 e. The molecule has 1 aliphatic heterocycles. The number of nitrogens with zero attached hydrogens (tertiary/aromatic N) is 3. The third kappa shape index (κ3) is 3.01. The molecule has 0 radical (unpaired) electrons. The summed E-state index contributed by atoms with van der Waals surface area (Å²) >= 11 is 0. The number of rotatable bonds is 5. The largest absolute Gasteiger partial charge is 0.366 e. The predicted octanol–water partition coefficient (Wildman–Crippen LogP) is 2.07. The molecule has 1 atom stereocenters. The molecule has 6 nitrogen and oxygen atoms in total. The highest BCUT2D eigenvalue weighted by Gasteiger charge is 2.29. The van der Waals surface area contributed by atoms with Gasteiger partial charge in [-0.25, -0.2) is 0 Å². The second-order valence-corrected chi connectivity index (χ2v) is 5.59. The number of carbonyl (C=O) groups is 1. The van der Waals surface area contributed by atoms with E-state index in [0.717, 1.165) is 43.7 Å².